The first-order valence-corrected chi connectivity index (χ1v) is 11.6. The number of ether oxygens (including phenoxy) is 1. The van der Waals surface area contributed by atoms with Gasteiger partial charge in [-0.05, 0) is 62.2 Å². The van der Waals surface area contributed by atoms with Gasteiger partial charge in [-0.2, -0.15) is 18.4 Å². The van der Waals surface area contributed by atoms with Crippen LogP contribution in [0.4, 0.5) is 17.6 Å². The number of rotatable bonds is 8. The minimum atomic E-state index is -4.56. The minimum absolute atomic E-state index is 0.137. The summed E-state index contributed by atoms with van der Waals surface area (Å²) in [5.41, 5.74) is -3.64. The molecule has 3 rings (SSSR count). The van der Waals surface area contributed by atoms with Crippen molar-refractivity contribution in [2.24, 2.45) is 0 Å². The summed E-state index contributed by atoms with van der Waals surface area (Å²) in [5.74, 6) is -0.911. The first-order chi connectivity index (χ1) is 17.2. The molecule has 194 valence electrons. The minimum Gasteiger partial charge on any atom is -0.462 e. The molecule has 1 aromatic heterocycles. The maximum absolute atomic E-state index is 16.8. The highest BCUT2D eigenvalue weighted by atomic mass is 35.5. The summed E-state index contributed by atoms with van der Waals surface area (Å²) in [4.78, 5) is 16.8. The summed E-state index contributed by atoms with van der Waals surface area (Å²) in [6, 6.07) is 15.3. The number of nitriles is 1. The second-order valence-corrected chi connectivity index (χ2v) is 9.49. The van der Waals surface area contributed by atoms with Gasteiger partial charge in [0.15, 0.2) is 11.3 Å². The van der Waals surface area contributed by atoms with Gasteiger partial charge in [-0.1, -0.05) is 35.9 Å². The van der Waals surface area contributed by atoms with E-state index in [9.17, 15) is 23.2 Å². The molecule has 10 heteroatoms. The fraction of sp³-hybridized carbons (Fsp3) is 0.296. The van der Waals surface area contributed by atoms with Crippen LogP contribution in [0, 0.1) is 11.3 Å². The van der Waals surface area contributed by atoms with Crippen molar-refractivity contribution in [2.45, 2.75) is 50.7 Å². The second-order valence-electron chi connectivity index (χ2n) is 9.05. The zero-order valence-corrected chi connectivity index (χ0v) is 21.0. The lowest BCUT2D eigenvalue weighted by Gasteiger charge is -2.35. The third-order valence-corrected chi connectivity index (χ3v) is 6.10. The molecule has 2 aromatic carbocycles. The number of carbonyl (C=O) groups excluding carboxylic acids is 1. The van der Waals surface area contributed by atoms with Gasteiger partial charge in [0.1, 0.15) is 0 Å². The van der Waals surface area contributed by atoms with E-state index in [0.717, 1.165) is 12.1 Å². The standard InChI is InChI=1S/C27H24ClF4N3O2/c1-17(35-24(36)25(2,3)37-23-12-9-21(16-34-23)27(30,31)32)26(29,14-18-7-10-22(28)11-8-18)20-6-4-5-19(13-20)15-33/h4-13,16-17H,14H2,1-3H3,(H,35,36)/t17-,26?/m0/s1. The van der Waals surface area contributed by atoms with Gasteiger partial charge < -0.3 is 10.1 Å². The van der Waals surface area contributed by atoms with Crippen molar-refractivity contribution in [3.63, 3.8) is 0 Å². The van der Waals surface area contributed by atoms with E-state index < -0.39 is 35.0 Å². The number of nitrogens with one attached hydrogen (secondary N) is 1. The summed E-state index contributed by atoms with van der Waals surface area (Å²) in [6.07, 6.45) is -4.10. The van der Waals surface area contributed by atoms with Crippen molar-refractivity contribution in [3.05, 3.63) is 94.1 Å². The molecule has 0 radical (unpaired) electrons. The summed E-state index contributed by atoms with van der Waals surface area (Å²) >= 11 is 5.96. The molecular formula is C27H24ClF4N3O2. The smallest absolute Gasteiger partial charge is 0.417 e. The average molecular weight is 534 g/mol. The van der Waals surface area contributed by atoms with Crippen molar-refractivity contribution >= 4 is 17.5 Å². The van der Waals surface area contributed by atoms with Gasteiger partial charge in [-0.15, -0.1) is 0 Å². The summed E-state index contributed by atoms with van der Waals surface area (Å²) in [5, 5.41) is 12.4. The fourth-order valence-corrected chi connectivity index (χ4v) is 3.78. The van der Waals surface area contributed by atoms with Crippen LogP contribution in [0.1, 0.15) is 43.0 Å². The lowest BCUT2D eigenvalue weighted by molar-refractivity contribution is -0.138. The first-order valence-electron chi connectivity index (χ1n) is 11.2. The fourth-order valence-electron chi connectivity index (χ4n) is 3.65. The molecule has 1 N–H and O–H groups in total. The predicted octanol–water partition coefficient (Wildman–Crippen LogP) is 6.40. The molecule has 0 aliphatic rings. The monoisotopic (exact) mass is 533 g/mol. The number of hydrogen-bond donors (Lipinski definition) is 1. The number of alkyl halides is 4. The number of amides is 1. The van der Waals surface area contributed by atoms with Crippen LogP contribution in [0.3, 0.4) is 0 Å². The highest BCUT2D eigenvalue weighted by Crippen LogP contribution is 2.35. The van der Waals surface area contributed by atoms with Crippen molar-refractivity contribution < 1.29 is 27.1 Å². The molecule has 0 saturated carbocycles. The Morgan fingerprint density at radius 3 is 2.32 bits per heavy atom. The molecule has 0 aliphatic carbocycles. The molecule has 2 atom stereocenters. The molecule has 1 heterocycles. The number of carbonyl (C=O) groups is 1. The van der Waals surface area contributed by atoms with E-state index in [1.165, 1.54) is 32.9 Å². The molecule has 1 amide bonds. The second kappa shape index (κ2) is 10.8. The molecule has 0 saturated heterocycles. The first kappa shape index (κ1) is 27.9. The Hall–Kier alpha value is -3.64. The highest BCUT2D eigenvalue weighted by molar-refractivity contribution is 6.30. The lowest BCUT2D eigenvalue weighted by atomic mass is 9.82. The topological polar surface area (TPSA) is 75.0 Å². The van der Waals surface area contributed by atoms with Crippen LogP contribution < -0.4 is 10.1 Å². The van der Waals surface area contributed by atoms with E-state index in [2.05, 4.69) is 10.3 Å². The number of pyridine rings is 1. The number of halogens is 5. The third-order valence-electron chi connectivity index (χ3n) is 5.85. The SMILES string of the molecule is C[C@H](NC(=O)C(C)(C)Oc1ccc(C(F)(F)F)cn1)C(F)(Cc1ccc(Cl)cc1)c1cccc(C#N)c1. The maximum Gasteiger partial charge on any atom is 0.417 e. The van der Waals surface area contributed by atoms with E-state index in [1.807, 2.05) is 6.07 Å². The van der Waals surface area contributed by atoms with Crippen LogP contribution in [0.2, 0.25) is 5.02 Å². The Morgan fingerprint density at radius 2 is 1.76 bits per heavy atom. The quantitative estimate of drug-likeness (QED) is 0.340. The van der Waals surface area contributed by atoms with Crippen LogP contribution in [0.5, 0.6) is 5.88 Å². The molecule has 3 aromatic rings. The van der Waals surface area contributed by atoms with Crippen LogP contribution >= 0.6 is 11.6 Å². The van der Waals surface area contributed by atoms with Crippen molar-refractivity contribution in [3.8, 4) is 11.9 Å². The van der Waals surface area contributed by atoms with Gasteiger partial charge in [0.2, 0.25) is 5.88 Å². The van der Waals surface area contributed by atoms with E-state index in [0.29, 0.717) is 16.8 Å². The summed E-state index contributed by atoms with van der Waals surface area (Å²) in [6.45, 7) is 4.27. The zero-order chi connectivity index (χ0) is 27.4. The zero-order valence-electron chi connectivity index (χ0n) is 20.2. The maximum atomic E-state index is 16.8. The molecular weight excluding hydrogens is 510 g/mol. The van der Waals surface area contributed by atoms with Crippen molar-refractivity contribution in [1.82, 2.24) is 10.3 Å². The highest BCUT2D eigenvalue weighted by Gasteiger charge is 2.42. The van der Waals surface area contributed by atoms with Gasteiger partial charge in [-0.25, -0.2) is 9.37 Å². The van der Waals surface area contributed by atoms with Gasteiger partial charge in [0, 0.05) is 23.7 Å². The number of nitrogens with zero attached hydrogens (tertiary/aromatic N) is 2. The number of aromatic nitrogens is 1. The average Bonchev–Trinajstić information content (AvgIpc) is 2.84. The van der Waals surface area contributed by atoms with Crippen molar-refractivity contribution in [1.29, 1.82) is 5.26 Å². The van der Waals surface area contributed by atoms with Crippen LogP contribution in [-0.2, 0) is 23.1 Å². The molecule has 37 heavy (non-hydrogen) atoms. The number of hydrogen-bond acceptors (Lipinski definition) is 4. The third kappa shape index (κ3) is 6.77. The molecule has 1 unspecified atom stereocenters. The van der Waals surface area contributed by atoms with E-state index in [4.69, 9.17) is 16.3 Å². The van der Waals surface area contributed by atoms with E-state index in [1.54, 1.807) is 36.4 Å². The van der Waals surface area contributed by atoms with Crippen LogP contribution in [0.25, 0.3) is 0 Å². The van der Waals surface area contributed by atoms with Gasteiger partial charge in [0.25, 0.3) is 5.91 Å². The summed E-state index contributed by atoms with van der Waals surface area (Å²) in [7, 11) is 0. The predicted molar refractivity (Wildman–Crippen MR) is 131 cm³/mol. The summed E-state index contributed by atoms with van der Waals surface area (Å²) < 4.78 is 60.8. The Kier molecular flexibility index (Phi) is 8.13. The number of benzene rings is 2. The van der Waals surface area contributed by atoms with E-state index in [-0.39, 0.29) is 23.4 Å². The largest absolute Gasteiger partial charge is 0.462 e. The Bertz CT molecular complexity index is 1290. The van der Waals surface area contributed by atoms with Gasteiger partial charge in [0.05, 0.1) is 23.2 Å². The molecule has 0 aliphatic heterocycles. The van der Waals surface area contributed by atoms with E-state index >= 15 is 4.39 Å². The molecule has 0 fully saturated rings. The normalized spacial score (nSPS) is 14.2. The Balaban J connectivity index is 1.85. The van der Waals surface area contributed by atoms with Gasteiger partial charge >= 0.3 is 6.18 Å². The van der Waals surface area contributed by atoms with Crippen molar-refractivity contribution in [2.75, 3.05) is 0 Å². The lowest BCUT2D eigenvalue weighted by Crippen LogP contribution is -2.55. The Morgan fingerprint density at radius 1 is 1.08 bits per heavy atom. The van der Waals surface area contributed by atoms with Crippen LogP contribution in [-0.4, -0.2) is 22.5 Å². The molecule has 5 nitrogen and oxygen atoms in total. The Labute approximate surface area is 217 Å². The molecule has 0 spiro atoms. The molecule has 0 bridgehead atoms. The van der Waals surface area contributed by atoms with Gasteiger partial charge in [-0.3, -0.25) is 4.79 Å². The van der Waals surface area contributed by atoms with Crippen LogP contribution in [0.15, 0.2) is 66.9 Å².